The van der Waals surface area contributed by atoms with E-state index < -0.39 is 0 Å². The van der Waals surface area contributed by atoms with Crippen LogP contribution in [0.2, 0.25) is 0 Å². The summed E-state index contributed by atoms with van der Waals surface area (Å²) in [6, 6.07) is 0. The van der Waals surface area contributed by atoms with Crippen LogP contribution in [0.4, 0.5) is 0 Å². The molecule has 1 nitrogen and oxygen atoms in total. The Bertz CT molecular complexity index is 639. The smallest absolute Gasteiger partial charge is 0.0583 e. The van der Waals surface area contributed by atoms with E-state index in [1.807, 2.05) is 0 Å². The van der Waals surface area contributed by atoms with Gasteiger partial charge in [0.25, 0.3) is 0 Å². The van der Waals surface area contributed by atoms with E-state index in [0.29, 0.717) is 5.41 Å². The number of allylic oxidation sites excluding steroid dienone is 4. The van der Waals surface area contributed by atoms with Crippen LogP contribution in [0.15, 0.2) is 35.5 Å². The quantitative estimate of drug-likeness (QED) is 0.482. The maximum atomic E-state index is 10.0. The first kappa shape index (κ1) is 22.9. The van der Waals surface area contributed by atoms with Crippen LogP contribution in [-0.2, 0) is 0 Å². The highest BCUT2D eigenvalue weighted by Gasteiger charge is 2.50. The van der Waals surface area contributed by atoms with Crippen molar-refractivity contribution in [1.82, 2.24) is 0 Å². The molecule has 3 fully saturated rings. The second-order valence-electron chi connectivity index (χ2n) is 11.3. The molecule has 0 aromatic carbocycles. The summed E-state index contributed by atoms with van der Waals surface area (Å²) < 4.78 is 0. The van der Waals surface area contributed by atoms with Gasteiger partial charge in [0.2, 0.25) is 0 Å². The molecule has 1 heteroatoms. The van der Waals surface area contributed by atoms with Crippen molar-refractivity contribution >= 4 is 0 Å². The molecule has 0 aliphatic heterocycles. The molecule has 0 radical (unpaired) electrons. The van der Waals surface area contributed by atoms with Crippen LogP contribution in [-0.4, -0.2) is 11.2 Å². The summed E-state index contributed by atoms with van der Waals surface area (Å²) >= 11 is 0. The van der Waals surface area contributed by atoms with Gasteiger partial charge in [-0.15, -0.1) is 0 Å². The number of aliphatic hydroxyl groups is 1. The topological polar surface area (TPSA) is 20.2 Å². The molecule has 2 unspecified atom stereocenters. The van der Waals surface area contributed by atoms with Gasteiger partial charge in [-0.2, -0.15) is 0 Å². The number of aliphatic hydroxyl groups excluding tert-OH is 1. The lowest BCUT2D eigenvalue weighted by molar-refractivity contribution is 0.0907. The van der Waals surface area contributed by atoms with Crippen molar-refractivity contribution < 1.29 is 5.11 Å². The van der Waals surface area contributed by atoms with Crippen LogP contribution in [0.3, 0.4) is 0 Å². The Hall–Kier alpha value is -0.820. The SMILES string of the molecule is C=C1CC[C@H](O)CC1=CC=C1CCC[C@@]2(C)C1CCC2[C@H](C)CC[C@H](C)C(C)C. The van der Waals surface area contributed by atoms with Crippen molar-refractivity contribution in [2.24, 2.45) is 35.0 Å². The molecular formula is C28H46O. The first-order valence-corrected chi connectivity index (χ1v) is 12.5. The monoisotopic (exact) mass is 398 g/mol. The molecule has 3 rings (SSSR count). The van der Waals surface area contributed by atoms with Gasteiger partial charge >= 0.3 is 0 Å². The van der Waals surface area contributed by atoms with E-state index in [-0.39, 0.29) is 6.10 Å². The fourth-order valence-electron chi connectivity index (χ4n) is 6.67. The highest BCUT2D eigenvalue weighted by atomic mass is 16.3. The normalized spacial score (nSPS) is 37.9. The molecule has 0 spiro atoms. The minimum Gasteiger partial charge on any atom is -0.393 e. The van der Waals surface area contributed by atoms with Crippen molar-refractivity contribution in [3.05, 3.63) is 35.5 Å². The molecule has 1 N–H and O–H groups in total. The van der Waals surface area contributed by atoms with Gasteiger partial charge in [0.05, 0.1) is 6.10 Å². The highest BCUT2D eigenvalue weighted by molar-refractivity contribution is 5.36. The second-order valence-corrected chi connectivity index (χ2v) is 11.3. The second kappa shape index (κ2) is 9.54. The Morgan fingerprint density at radius 1 is 1.07 bits per heavy atom. The van der Waals surface area contributed by atoms with Gasteiger partial charge in [0.15, 0.2) is 0 Å². The zero-order valence-electron chi connectivity index (χ0n) is 19.8. The molecule has 0 aromatic heterocycles. The molecule has 164 valence electrons. The fraction of sp³-hybridized carbons (Fsp3) is 0.786. The minimum absolute atomic E-state index is 0.174. The van der Waals surface area contributed by atoms with E-state index >= 15 is 0 Å². The zero-order chi connectivity index (χ0) is 21.2. The molecule has 3 saturated carbocycles. The lowest BCUT2D eigenvalue weighted by Gasteiger charge is -2.44. The molecule has 3 aliphatic rings. The van der Waals surface area contributed by atoms with Crippen LogP contribution < -0.4 is 0 Å². The largest absolute Gasteiger partial charge is 0.393 e. The zero-order valence-corrected chi connectivity index (χ0v) is 19.8. The summed E-state index contributed by atoms with van der Waals surface area (Å²) in [6.45, 7) is 16.6. The summed E-state index contributed by atoms with van der Waals surface area (Å²) in [5.41, 5.74) is 4.70. The number of fused-ring (bicyclic) bond motifs is 1. The third-order valence-electron chi connectivity index (χ3n) is 9.13. The Labute approximate surface area is 180 Å². The van der Waals surface area contributed by atoms with Gasteiger partial charge in [-0.3, -0.25) is 0 Å². The molecule has 0 bridgehead atoms. The number of hydrogen-bond acceptors (Lipinski definition) is 1. The van der Waals surface area contributed by atoms with Gasteiger partial charge in [0.1, 0.15) is 0 Å². The van der Waals surface area contributed by atoms with Crippen LogP contribution in [0.5, 0.6) is 0 Å². The molecule has 29 heavy (non-hydrogen) atoms. The van der Waals surface area contributed by atoms with E-state index in [4.69, 9.17) is 0 Å². The van der Waals surface area contributed by atoms with Crippen LogP contribution in [0, 0.1) is 35.0 Å². The molecule has 3 aliphatic carbocycles. The highest BCUT2D eigenvalue weighted by Crippen LogP contribution is 2.60. The van der Waals surface area contributed by atoms with E-state index in [2.05, 4.69) is 53.3 Å². The molecule has 0 amide bonds. The Balaban J connectivity index is 1.70. The lowest BCUT2D eigenvalue weighted by atomic mass is 9.60. The molecular weight excluding hydrogens is 352 g/mol. The third-order valence-corrected chi connectivity index (χ3v) is 9.13. The molecule has 0 heterocycles. The van der Waals surface area contributed by atoms with E-state index in [9.17, 15) is 5.11 Å². The van der Waals surface area contributed by atoms with E-state index in [1.54, 1.807) is 5.57 Å². The van der Waals surface area contributed by atoms with Crippen LogP contribution >= 0.6 is 0 Å². The number of rotatable bonds is 6. The van der Waals surface area contributed by atoms with Gasteiger partial charge in [-0.1, -0.05) is 77.3 Å². The average molecular weight is 399 g/mol. The predicted octanol–water partition coefficient (Wildman–Crippen LogP) is 7.87. The number of hydrogen-bond donors (Lipinski definition) is 1. The van der Waals surface area contributed by atoms with Crippen LogP contribution in [0.1, 0.15) is 98.8 Å². The fourth-order valence-corrected chi connectivity index (χ4v) is 6.67. The Morgan fingerprint density at radius 2 is 1.83 bits per heavy atom. The van der Waals surface area contributed by atoms with Gasteiger partial charge in [-0.05, 0) is 91.9 Å². The minimum atomic E-state index is -0.174. The summed E-state index contributed by atoms with van der Waals surface area (Å²) in [5, 5.41) is 10.0. The molecule has 0 aromatic rings. The summed E-state index contributed by atoms with van der Waals surface area (Å²) in [7, 11) is 0. The maximum Gasteiger partial charge on any atom is 0.0583 e. The van der Waals surface area contributed by atoms with E-state index in [0.717, 1.165) is 48.9 Å². The lowest BCUT2D eigenvalue weighted by Crippen LogP contribution is -2.36. The standard InChI is InChI=1S/C28H46O/c1-19(2)20(3)9-10-22(5)26-15-16-27-23(8-7-17-28(26,27)6)12-13-24-18-25(29)14-11-21(24)4/h12-13,19-20,22,25-27,29H,4,7-11,14-18H2,1-3,5-6H3/t20-,22+,25-,26?,27?,28+/m0/s1. The van der Waals surface area contributed by atoms with Gasteiger partial charge < -0.3 is 5.11 Å². The van der Waals surface area contributed by atoms with Gasteiger partial charge in [0, 0.05) is 0 Å². The van der Waals surface area contributed by atoms with Crippen LogP contribution in [0.25, 0.3) is 0 Å². The van der Waals surface area contributed by atoms with Crippen molar-refractivity contribution in [2.45, 2.75) is 105 Å². The molecule has 0 saturated heterocycles. The summed E-state index contributed by atoms with van der Waals surface area (Å²) in [4.78, 5) is 0. The predicted molar refractivity (Wildman–Crippen MR) is 126 cm³/mol. The first-order chi connectivity index (χ1) is 13.7. The van der Waals surface area contributed by atoms with Crippen molar-refractivity contribution in [2.75, 3.05) is 0 Å². The Morgan fingerprint density at radius 3 is 2.55 bits per heavy atom. The summed E-state index contributed by atoms with van der Waals surface area (Å²) in [6.07, 6.45) is 16.8. The van der Waals surface area contributed by atoms with E-state index in [1.165, 1.54) is 56.1 Å². The average Bonchev–Trinajstić information content (AvgIpc) is 3.04. The van der Waals surface area contributed by atoms with Crippen molar-refractivity contribution in [1.29, 1.82) is 0 Å². The summed E-state index contributed by atoms with van der Waals surface area (Å²) in [5.74, 6) is 4.14. The van der Waals surface area contributed by atoms with Gasteiger partial charge in [-0.25, -0.2) is 0 Å². The van der Waals surface area contributed by atoms with Crippen molar-refractivity contribution in [3.63, 3.8) is 0 Å². The third kappa shape index (κ3) is 5.09. The first-order valence-electron chi connectivity index (χ1n) is 12.5. The maximum absolute atomic E-state index is 10.0. The van der Waals surface area contributed by atoms with Crippen molar-refractivity contribution in [3.8, 4) is 0 Å². The molecule has 6 atom stereocenters. The Kier molecular flexibility index (Phi) is 7.52.